The summed E-state index contributed by atoms with van der Waals surface area (Å²) in [6.45, 7) is 6.64. The zero-order chi connectivity index (χ0) is 25.8. The summed E-state index contributed by atoms with van der Waals surface area (Å²) in [6.07, 6.45) is 1.85. The number of nitrogens with zero attached hydrogens (tertiary/aromatic N) is 2. The highest BCUT2D eigenvalue weighted by Crippen LogP contribution is 2.47. The third-order valence-electron chi connectivity index (χ3n) is 6.19. The van der Waals surface area contributed by atoms with Crippen molar-refractivity contribution in [2.75, 3.05) is 27.4 Å². The molecule has 3 aliphatic heterocycles. The Morgan fingerprint density at radius 3 is 2.75 bits per heavy atom. The van der Waals surface area contributed by atoms with Gasteiger partial charge in [-0.05, 0) is 57.2 Å². The Hall–Kier alpha value is -2.98. The fourth-order valence-electron chi connectivity index (χ4n) is 4.52. The number of hydrogen-bond donors (Lipinski definition) is 1. The molecule has 9 nitrogen and oxygen atoms in total. The molecule has 10 heteroatoms. The molecule has 1 amide bonds. The number of methoxy groups -OCH3 is 2. The molecular formula is C26H33N3O6S. The molecule has 2 unspecified atom stereocenters. The Morgan fingerprint density at radius 1 is 1.28 bits per heavy atom. The molecule has 0 radical (unpaired) electrons. The molecule has 0 aliphatic carbocycles. The molecule has 1 aromatic rings. The predicted octanol–water partition coefficient (Wildman–Crippen LogP) is 3.92. The first-order chi connectivity index (χ1) is 17.3. The Morgan fingerprint density at radius 2 is 2.08 bits per heavy atom. The van der Waals surface area contributed by atoms with E-state index in [0.717, 1.165) is 25.1 Å². The van der Waals surface area contributed by atoms with Crippen LogP contribution >= 0.6 is 11.8 Å². The van der Waals surface area contributed by atoms with Crippen LogP contribution in [0, 0.1) is 0 Å². The maximum Gasteiger partial charge on any atom is 0.338 e. The van der Waals surface area contributed by atoms with Gasteiger partial charge in [-0.15, -0.1) is 0 Å². The van der Waals surface area contributed by atoms with Crippen molar-refractivity contribution in [1.82, 2.24) is 10.2 Å². The van der Waals surface area contributed by atoms with Crippen LogP contribution in [-0.4, -0.2) is 61.5 Å². The second-order valence-corrected chi connectivity index (χ2v) is 9.91. The van der Waals surface area contributed by atoms with Crippen molar-refractivity contribution < 1.29 is 28.5 Å². The molecule has 1 saturated heterocycles. The molecule has 0 spiro atoms. The summed E-state index contributed by atoms with van der Waals surface area (Å²) in [5, 5.41) is 5.58. The van der Waals surface area contributed by atoms with Crippen LogP contribution in [0.4, 0.5) is 0 Å². The number of aliphatic imine (C=N–C) groups is 1. The van der Waals surface area contributed by atoms with Crippen LogP contribution in [0.25, 0.3) is 0 Å². The fraction of sp³-hybridized carbons (Fsp3) is 0.500. The lowest BCUT2D eigenvalue weighted by Crippen LogP contribution is -2.39. The fourth-order valence-corrected chi connectivity index (χ4v) is 5.48. The van der Waals surface area contributed by atoms with E-state index in [2.05, 4.69) is 5.32 Å². The Labute approximate surface area is 215 Å². The molecule has 1 N–H and O–H groups in total. The monoisotopic (exact) mass is 515 g/mol. The van der Waals surface area contributed by atoms with Crippen molar-refractivity contribution in [2.45, 2.75) is 58.3 Å². The van der Waals surface area contributed by atoms with Crippen LogP contribution in [0.15, 0.2) is 45.6 Å². The molecule has 2 atom stereocenters. The van der Waals surface area contributed by atoms with Crippen molar-refractivity contribution in [3.8, 4) is 11.5 Å². The average Bonchev–Trinajstić information content (AvgIpc) is 3.51. The van der Waals surface area contributed by atoms with E-state index in [1.165, 1.54) is 11.8 Å². The van der Waals surface area contributed by atoms with Crippen molar-refractivity contribution in [3.63, 3.8) is 0 Å². The van der Waals surface area contributed by atoms with Gasteiger partial charge in [-0.2, -0.15) is 0 Å². The van der Waals surface area contributed by atoms with E-state index >= 15 is 0 Å². The zero-order valence-corrected chi connectivity index (χ0v) is 22.1. The van der Waals surface area contributed by atoms with E-state index in [1.54, 1.807) is 33.3 Å². The van der Waals surface area contributed by atoms with Gasteiger partial charge in [-0.25, -0.2) is 9.79 Å². The average molecular weight is 516 g/mol. The summed E-state index contributed by atoms with van der Waals surface area (Å²) in [5.41, 5.74) is 2.41. The number of benzene rings is 1. The molecule has 0 aromatic heterocycles. The molecule has 0 bridgehead atoms. The molecule has 3 aliphatic rings. The number of amides is 1. The summed E-state index contributed by atoms with van der Waals surface area (Å²) in [6, 6.07) is 4.85. The Bertz CT molecular complexity index is 1110. The maximum absolute atomic E-state index is 13.4. The van der Waals surface area contributed by atoms with E-state index in [0.29, 0.717) is 40.0 Å². The summed E-state index contributed by atoms with van der Waals surface area (Å²) in [4.78, 5) is 32.9. The highest BCUT2D eigenvalue weighted by atomic mass is 32.2. The number of ether oxygens (including phenoxy) is 4. The second-order valence-electron chi connectivity index (χ2n) is 9.07. The minimum Gasteiger partial charge on any atom is -0.497 e. The molecule has 0 saturated carbocycles. The quantitative estimate of drug-likeness (QED) is 0.494. The normalized spacial score (nSPS) is 21.2. The van der Waals surface area contributed by atoms with E-state index in [-0.39, 0.29) is 24.5 Å². The van der Waals surface area contributed by atoms with Gasteiger partial charge in [0.25, 0.3) is 0 Å². The largest absolute Gasteiger partial charge is 0.497 e. The zero-order valence-electron chi connectivity index (χ0n) is 21.3. The number of amidine groups is 1. The lowest BCUT2D eigenvalue weighted by molar-refractivity contribution is -0.143. The van der Waals surface area contributed by atoms with Gasteiger partial charge in [0.2, 0.25) is 5.91 Å². The number of hydrogen-bond acceptors (Lipinski definition) is 9. The first kappa shape index (κ1) is 26.1. The third-order valence-corrected chi connectivity index (χ3v) is 7.08. The van der Waals surface area contributed by atoms with E-state index in [1.807, 2.05) is 30.2 Å². The first-order valence-corrected chi connectivity index (χ1v) is 13.0. The number of thioether (sulfide) groups is 1. The standard InChI is InChI=1S/C26H33N3O6S/c1-15(2)35-25(31)23-16(3)28-26-29(24(23)20-12-18(32-4)8-9-21(20)33-5)17(14-36-26)11-22(30)27-13-19-7-6-10-34-19/h8-9,12,14-15,19,24H,6-7,10-11,13H2,1-5H3,(H,27,30). The minimum atomic E-state index is -0.610. The SMILES string of the molecule is COc1ccc(OC)c(C2C(C(=O)OC(C)C)=C(C)N=C3SC=C(CC(=O)NCC4CCCO4)N32)c1. The highest BCUT2D eigenvalue weighted by molar-refractivity contribution is 8.16. The third kappa shape index (κ3) is 5.54. The van der Waals surface area contributed by atoms with Crippen LogP contribution in [0.1, 0.15) is 51.6 Å². The molecule has 194 valence electrons. The Balaban J connectivity index is 1.69. The van der Waals surface area contributed by atoms with Crippen LogP contribution < -0.4 is 14.8 Å². The van der Waals surface area contributed by atoms with Crippen LogP contribution in [-0.2, 0) is 19.1 Å². The number of fused-ring (bicyclic) bond motifs is 1. The number of rotatable bonds is 9. The highest BCUT2D eigenvalue weighted by Gasteiger charge is 2.42. The smallest absolute Gasteiger partial charge is 0.338 e. The van der Waals surface area contributed by atoms with Gasteiger partial charge in [0.1, 0.15) is 11.5 Å². The molecule has 36 heavy (non-hydrogen) atoms. The number of nitrogens with one attached hydrogen (secondary N) is 1. The van der Waals surface area contributed by atoms with Crippen molar-refractivity contribution in [1.29, 1.82) is 0 Å². The lowest BCUT2D eigenvalue weighted by Gasteiger charge is -2.37. The van der Waals surface area contributed by atoms with E-state index in [4.69, 9.17) is 23.9 Å². The molecule has 1 aromatic carbocycles. The molecule has 3 heterocycles. The topological polar surface area (TPSA) is 98.7 Å². The molecular weight excluding hydrogens is 482 g/mol. The number of allylic oxidation sites excluding steroid dienone is 1. The van der Waals surface area contributed by atoms with Gasteiger partial charge in [0.05, 0.1) is 50.2 Å². The van der Waals surface area contributed by atoms with E-state index in [9.17, 15) is 9.59 Å². The van der Waals surface area contributed by atoms with Gasteiger partial charge in [-0.1, -0.05) is 11.8 Å². The van der Waals surface area contributed by atoms with Crippen molar-refractivity contribution >= 4 is 28.8 Å². The predicted molar refractivity (Wildman–Crippen MR) is 138 cm³/mol. The minimum absolute atomic E-state index is 0.0600. The van der Waals surface area contributed by atoms with Crippen molar-refractivity contribution in [3.05, 3.63) is 46.1 Å². The number of carbonyl (C=O) groups excluding carboxylic acids is 2. The molecule has 4 rings (SSSR count). The second kappa shape index (κ2) is 11.4. The number of carbonyl (C=O) groups is 2. The number of esters is 1. The first-order valence-electron chi connectivity index (χ1n) is 12.1. The summed E-state index contributed by atoms with van der Waals surface area (Å²) >= 11 is 1.42. The van der Waals surface area contributed by atoms with Gasteiger partial charge >= 0.3 is 5.97 Å². The van der Waals surface area contributed by atoms with Crippen LogP contribution in [0.5, 0.6) is 11.5 Å². The van der Waals surface area contributed by atoms with Gasteiger partial charge < -0.3 is 29.2 Å². The van der Waals surface area contributed by atoms with Gasteiger partial charge in [0, 0.05) is 24.4 Å². The van der Waals surface area contributed by atoms with Gasteiger partial charge in [-0.3, -0.25) is 4.79 Å². The summed E-state index contributed by atoms with van der Waals surface area (Å²) in [7, 11) is 3.17. The maximum atomic E-state index is 13.4. The summed E-state index contributed by atoms with van der Waals surface area (Å²) in [5.74, 6) is 0.631. The van der Waals surface area contributed by atoms with E-state index < -0.39 is 12.0 Å². The Kier molecular flexibility index (Phi) is 8.25. The van der Waals surface area contributed by atoms with Gasteiger partial charge in [0.15, 0.2) is 5.17 Å². The lowest BCUT2D eigenvalue weighted by atomic mass is 9.92. The summed E-state index contributed by atoms with van der Waals surface area (Å²) < 4.78 is 22.4. The molecule has 1 fully saturated rings. The van der Waals surface area contributed by atoms with Crippen molar-refractivity contribution in [2.24, 2.45) is 4.99 Å². The van der Waals surface area contributed by atoms with Crippen LogP contribution in [0.2, 0.25) is 0 Å². The van der Waals surface area contributed by atoms with Crippen LogP contribution in [0.3, 0.4) is 0 Å².